The van der Waals surface area contributed by atoms with Crippen LogP contribution in [0, 0.1) is 5.92 Å². The van der Waals surface area contributed by atoms with Gasteiger partial charge >= 0.3 is 12.0 Å². The fraction of sp³-hybridized carbons (Fsp3) is 0.429. The molecular formula is C14H17ClN2O4. The summed E-state index contributed by atoms with van der Waals surface area (Å²) in [4.78, 5) is 24.8. The Labute approximate surface area is 127 Å². The summed E-state index contributed by atoms with van der Waals surface area (Å²) < 4.78 is 5.08. The normalized spacial score (nSPS) is 21.2. The summed E-state index contributed by atoms with van der Waals surface area (Å²) in [5.41, 5.74) is 0.505. The second-order valence-electron chi connectivity index (χ2n) is 5.02. The third-order valence-corrected chi connectivity index (χ3v) is 3.93. The van der Waals surface area contributed by atoms with E-state index < -0.39 is 18.0 Å². The number of rotatable bonds is 3. The minimum atomic E-state index is -0.983. The Kier molecular flexibility index (Phi) is 4.57. The van der Waals surface area contributed by atoms with E-state index in [1.54, 1.807) is 18.2 Å². The molecule has 2 unspecified atom stereocenters. The van der Waals surface area contributed by atoms with E-state index in [0.29, 0.717) is 29.4 Å². The maximum absolute atomic E-state index is 12.2. The summed E-state index contributed by atoms with van der Waals surface area (Å²) in [6.07, 6.45) is 0.675. The first-order valence-electron chi connectivity index (χ1n) is 6.58. The van der Waals surface area contributed by atoms with Crippen LogP contribution >= 0.6 is 11.6 Å². The molecule has 1 saturated heterocycles. The number of carbonyl (C=O) groups excluding carboxylic acids is 1. The highest BCUT2D eigenvalue weighted by molar-refractivity contribution is 6.32. The van der Waals surface area contributed by atoms with Gasteiger partial charge in [0.25, 0.3) is 0 Å². The van der Waals surface area contributed by atoms with Crippen LogP contribution in [0.25, 0.3) is 0 Å². The van der Waals surface area contributed by atoms with Gasteiger partial charge in [-0.15, -0.1) is 0 Å². The minimum Gasteiger partial charge on any atom is -0.495 e. The number of amides is 2. The molecule has 0 aromatic heterocycles. The van der Waals surface area contributed by atoms with Crippen LogP contribution in [0.2, 0.25) is 5.02 Å². The van der Waals surface area contributed by atoms with Crippen molar-refractivity contribution in [2.45, 2.75) is 19.4 Å². The van der Waals surface area contributed by atoms with Crippen LogP contribution < -0.4 is 10.1 Å². The Morgan fingerprint density at radius 3 is 2.81 bits per heavy atom. The zero-order valence-electron chi connectivity index (χ0n) is 11.8. The molecular weight excluding hydrogens is 296 g/mol. The zero-order chi connectivity index (χ0) is 15.6. The molecule has 1 heterocycles. The number of methoxy groups -OCH3 is 1. The molecule has 1 aromatic carbocycles. The molecule has 0 aliphatic carbocycles. The molecule has 7 heteroatoms. The van der Waals surface area contributed by atoms with E-state index in [2.05, 4.69) is 5.32 Å². The first kappa shape index (κ1) is 15.4. The first-order chi connectivity index (χ1) is 9.93. The quantitative estimate of drug-likeness (QED) is 0.899. The topological polar surface area (TPSA) is 78.9 Å². The second-order valence-corrected chi connectivity index (χ2v) is 5.43. The number of carbonyl (C=O) groups is 2. The van der Waals surface area contributed by atoms with E-state index in [1.165, 1.54) is 12.0 Å². The lowest BCUT2D eigenvalue weighted by molar-refractivity contribution is -0.142. The third kappa shape index (κ3) is 3.21. The summed E-state index contributed by atoms with van der Waals surface area (Å²) in [6, 6.07) is 3.61. The predicted octanol–water partition coefficient (Wildman–Crippen LogP) is 2.68. The number of halogens is 1. The number of nitrogens with zero attached hydrogens (tertiary/aromatic N) is 1. The number of urea groups is 1. The lowest BCUT2D eigenvalue weighted by atomic mass is 10.0. The lowest BCUT2D eigenvalue weighted by Crippen LogP contribution is -2.44. The number of aliphatic carboxylic acids is 1. The number of carboxylic acid groups (broad SMARTS) is 1. The lowest BCUT2D eigenvalue weighted by Gasteiger charge is -2.23. The molecule has 21 heavy (non-hydrogen) atoms. The number of hydrogen-bond acceptors (Lipinski definition) is 3. The summed E-state index contributed by atoms with van der Waals surface area (Å²) in [5, 5.41) is 12.3. The highest BCUT2D eigenvalue weighted by atomic mass is 35.5. The van der Waals surface area contributed by atoms with E-state index in [-0.39, 0.29) is 5.92 Å². The van der Waals surface area contributed by atoms with Crippen molar-refractivity contribution in [2.75, 3.05) is 19.0 Å². The molecule has 2 amide bonds. The summed E-state index contributed by atoms with van der Waals surface area (Å²) in [7, 11) is 1.48. The Hall–Kier alpha value is -1.95. The SMILES string of the molecule is COc1cc(NC(=O)N2CCC(C)C2C(=O)O)ccc1Cl. The van der Waals surface area contributed by atoms with Gasteiger partial charge in [-0.25, -0.2) is 9.59 Å². The van der Waals surface area contributed by atoms with Gasteiger partial charge in [-0.3, -0.25) is 0 Å². The fourth-order valence-corrected chi connectivity index (χ4v) is 2.68. The largest absolute Gasteiger partial charge is 0.495 e. The molecule has 1 aliphatic rings. The van der Waals surface area contributed by atoms with Crippen molar-refractivity contribution in [3.8, 4) is 5.75 Å². The summed E-state index contributed by atoms with van der Waals surface area (Å²) in [5.74, 6) is -0.601. The van der Waals surface area contributed by atoms with Crippen molar-refractivity contribution < 1.29 is 19.4 Å². The van der Waals surface area contributed by atoms with Gasteiger partial charge in [0.05, 0.1) is 12.1 Å². The van der Waals surface area contributed by atoms with E-state index in [9.17, 15) is 14.7 Å². The molecule has 1 fully saturated rings. The Morgan fingerprint density at radius 2 is 2.19 bits per heavy atom. The number of carboxylic acids is 1. The van der Waals surface area contributed by atoms with E-state index in [1.807, 2.05) is 6.92 Å². The van der Waals surface area contributed by atoms with Gasteiger partial charge < -0.3 is 20.1 Å². The Morgan fingerprint density at radius 1 is 1.48 bits per heavy atom. The highest BCUT2D eigenvalue weighted by Crippen LogP contribution is 2.29. The molecule has 0 bridgehead atoms. The van der Waals surface area contributed by atoms with Crippen molar-refractivity contribution in [3.63, 3.8) is 0 Å². The second kappa shape index (κ2) is 6.22. The standard InChI is InChI=1S/C14H17ClN2O4/c1-8-5-6-17(12(8)13(18)19)14(20)16-9-3-4-10(15)11(7-9)21-2/h3-4,7-8,12H,5-6H2,1-2H3,(H,16,20)(H,18,19). The molecule has 2 rings (SSSR count). The van der Waals surface area contributed by atoms with Gasteiger partial charge in [-0.05, 0) is 24.5 Å². The number of anilines is 1. The van der Waals surface area contributed by atoms with Gasteiger partial charge in [-0.1, -0.05) is 18.5 Å². The van der Waals surface area contributed by atoms with E-state index >= 15 is 0 Å². The van der Waals surface area contributed by atoms with Crippen molar-refractivity contribution in [3.05, 3.63) is 23.2 Å². The van der Waals surface area contributed by atoms with Crippen LogP contribution in [0.15, 0.2) is 18.2 Å². The molecule has 1 aliphatic heterocycles. The Bertz CT molecular complexity index is 564. The van der Waals surface area contributed by atoms with Crippen LogP contribution in [-0.2, 0) is 4.79 Å². The Balaban J connectivity index is 2.13. The maximum atomic E-state index is 12.2. The van der Waals surface area contributed by atoms with Crippen molar-refractivity contribution >= 4 is 29.3 Å². The molecule has 114 valence electrons. The molecule has 0 saturated carbocycles. The number of likely N-dealkylation sites (tertiary alicyclic amines) is 1. The van der Waals surface area contributed by atoms with E-state index in [4.69, 9.17) is 16.3 Å². The zero-order valence-corrected chi connectivity index (χ0v) is 12.6. The molecule has 2 N–H and O–H groups in total. The molecule has 0 spiro atoms. The number of ether oxygens (including phenoxy) is 1. The van der Waals surface area contributed by atoms with Crippen molar-refractivity contribution in [1.29, 1.82) is 0 Å². The van der Waals surface area contributed by atoms with Crippen LogP contribution in [0.1, 0.15) is 13.3 Å². The fourth-order valence-electron chi connectivity index (χ4n) is 2.48. The van der Waals surface area contributed by atoms with Gasteiger partial charge in [0, 0.05) is 18.3 Å². The first-order valence-corrected chi connectivity index (χ1v) is 6.95. The van der Waals surface area contributed by atoms with Gasteiger partial charge in [0.1, 0.15) is 11.8 Å². The third-order valence-electron chi connectivity index (χ3n) is 3.62. The number of benzene rings is 1. The molecule has 6 nitrogen and oxygen atoms in total. The average molecular weight is 313 g/mol. The predicted molar refractivity (Wildman–Crippen MR) is 78.9 cm³/mol. The number of nitrogens with one attached hydrogen (secondary N) is 1. The maximum Gasteiger partial charge on any atom is 0.326 e. The van der Waals surface area contributed by atoms with Crippen molar-refractivity contribution in [2.24, 2.45) is 5.92 Å². The van der Waals surface area contributed by atoms with Crippen molar-refractivity contribution in [1.82, 2.24) is 4.90 Å². The van der Waals surface area contributed by atoms with Crippen LogP contribution in [-0.4, -0.2) is 41.7 Å². The highest BCUT2D eigenvalue weighted by Gasteiger charge is 2.39. The molecule has 2 atom stereocenters. The molecule has 0 radical (unpaired) electrons. The smallest absolute Gasteiger partial charge is 0.326 e. The average Bonchev–Trinajstić information content (AvgIpc) is 2.83. The molecule has 1 aromatic rings. The van der Waals surface area contributed by atoms with Crippen LogP contribution in [0.5, 0.6) is 5.75 Å². The number of hydrogen-bond donors (Lipinski definition) is 2. The van der Waals surface area contributed by atoms with Gasteiger partial charge in [-0.2, -0.15) is 0 Å². The monoisotopic (exact) mass is 312 g/mol. The van der Waals surface area contributed by atoms with Gasteiger partial charge in [0.15, 0.2) is 0 Å². The van der Waals surface area contributed by atoms with Gasteiger partial charge in [0.2, 0.25) is 0 Å². The van der Waals surface area contributed by atoms with Crippen LogP contribution in [0.3, 0.4) is 0 Å². The van der Waals surface area contributed by atoms with Crippen LogP contribution in [0.4, 0.5) is 10.5 Å². The van der Waals surface area contributed by atoms with E-state index in [0.717, 1.165) is 0 Å². The minimum absolute atomic E-state index is 0.0620. The summed E-state index contributed by atoms with van der Waals surface area (Å²) >= 11 is 5.92. The summed E-state index contributed by atoms with van der Waals surface area (Å²) in [6.45, 7) is 2.26.